The minimum Gasteiger partial charge on any atom is -0.339 e. The molecule has 2 heterocycles. The largest absolute Gasteiger partial charge is 0.339 e. The highest BCUT2D eigenvalue weighted by atomic mass is 19.1. The van der Waals surface area contributed by atoms with E-state index in [1.54, 1.807) is 65.9 Å². The SMILES string of the molecule is O=C(Nc1ccn(Cc2ccc(F)cc2)n1)c1cccc(Nc2cnccn2)c1. The van der Waals surface area contributed by atoms with Crippen LogP contribution in [0.1, 0.15) is 15.9 Å². The van der Waals surface area contributed by atoms with Crippen LogP contribution in [0.4, 0.5) is 21.7 Å². The van der Waals surface area contributed by atoms with E-state index in [0.29, 0.717) is 23.7 Å². The number of amides is 1. The van der Waals surface area contributed by atoms with E-state index >= 15 is 0 Å². The minimum absolute atomic E-state index is 0.278. The molecule has 0 aliphatic heterocycles. The van der Waals surface area contributed by atoms with Crippen LogP contribution in [-0.2, 0) is 6.54 Å². The lowest BCUT2D eigenvalue weighted by Gasteiger charge is -2.07. The summed E-state index contributed by atoms with van der Waals surface area (Å²) in [6.07, 6.45) is 6.52. The standard InChI is InChI=1S/C21H17FN6O/c22-17-6-4-15(5-7-17)14-28-11-8-19(27-28)26-21(29)16-2-1-3-18(12-16)25-20-13-23-9-10-24-20/h1-13H,14H2,(H,24,25)(H,26,27,29). The Balaban J connectivity index is 1.41. The van der Waals surface area contributed by atoms with Gasteiger partial charge in [0.2, 0.25) is 0 Å². The number of halogens is 1. The number of carbonyl (C=O) groups excluding carboxylic acids is 1. The first-order valence-electron chi connectivity index (χ1n) is 8.88. The second-order valence-electron chi connectivity index (χ2n) is 6.28. The van der Waals surface area contributed by atoms with E-state index in [1.807, 2.05) is 6.07 Å². The third-order valence-electron chi connectivity index (χ3n) is 4.10. The van der Waals surface area contributed by atoms with Gasteiger partial charge in [-0.2, -0.15) is 5.10 Å². The average Bonchev–Trinajstić information content (AvgIpc) is 3.17. The second kappa shape index (κ2) is 8.30. The van der Waals surface area contributed by atoms with Crippen molar-refractivity contribution in [1.29, 1.82) is 0 Å². The molecular formula is C21H17FN6O. The highest BCUT2D eigenvalue weighted by Gasteiger charge is 2.09. The van der Waals surface area contributed by atoms with Crippen molar-refractivity contribution in [3.8, 4) is 0 Å². The van der Waals surface area contributed by atoms with Crippen molar-refractivity contribution >= 4 is 23.2 Å². The van der Waals surface area contributed by atoms with E-state index in [2.05, 4.69) is 25.7 Å². The predicted molar refractivity (Wildman–Crippen MR) is 107 cm³/mol. The van der Waals surface area contributed by atoms with Gasteiger partial charge in [-0.1, -0.05) is 18.2 Å². The summed E-state index contributed by atoms with van der Waals surface area (Å²) in [7, 11) is 0. The molecule has 0 fully saturated rings. The lowest BCUT2D eigenvalue weighted by molar-refractivity contribution is 0.102. The van der Waals surface area contributed by atoms with Gasteiger partial charge in [-0.3, -0.25) is 14.5 Å². The Bertz CT molecular complexity index is 1110. The van der Waals surface area contributed by atoms with Gasteiger partial charge in [0.1, 0.15) is 11.6 Å². The first kappa shape index (κ1) is 18.3. The Morgan fingerprint density at radius 2 is 1.90 bits per heavy atom. The quantitative estimate of drug-likeness (QED) is 0.524. The summed E-state index contributed by atoms with van der Waals surface area (Å²) >= 11 is 0. The van der Waals surface area contributed by atoms with Crippen LogP contribution in [0, 0.1) is 5.82 Å². The Morgan fingerprint density at radius 1 is 1.03 bits per heavy atom. The molecule has 2 aromatic carbocycles. The van der Waals surface area contributed by atoms with Crippen LogP contribution < -0.4 is 10.6 Å². The molecule has 29 heavy (non-hydrogen) atoms. The summed E-state index contributed by atoms with van der Waals surface area (Å²) in [6.45, 7) is 0.480. The monoisotopic (exact) mass is 388 g/mol. The van der Waals surface area contributed by atoms with E-state index < -0.39 is 0 Å². The van der Waals surface area contributed by atoms with Crippen molar-refractivity contribution in [2.45, 2.75) is 6.54 Å². The highest BCUT2D eigenvalue weighted by Crippen LogP contribution is 2.16. The molecule has 4 aromatic rings. The molecule has 0 saturated heterocycles. The van der Waals surface area contributed by atoms with Crippen molar-refractivity contribution in [3.63, 3.8) is 0 Å². The van der Waals surface area contributed by atoms with E-state index in [-0.39, 0.29) is 11.7 Å². The zero-order valence-electron chi connectivity index (χ0n) is 15.3. The molecule has 2 aromatic heterocycles. The van der Waals surface area contributed by atoms with Crippen LogP contribution in [0.15, 0.2) is 79.4 Å². The highest BCUT2D eigenvalue weighted by molar-refractivity contribution is 6.04. The molecule has 7 nitrogen and oxygen atoms in total. The van der Waals surface area contributed by atoms with Crippen molar-refractivity contribution in [1.82, 2.24) is 19.7 Å². The number of rotatable bonds is 6. The molecule has 0 unspecified atom stereocenters. The predicted octanol–water partition coefficient (Wildman–Crippen LogP) is 3.86. The number of anilines is 3. The molecule has 0 aliphatic carbocycles. The molecule has 0 radical (unpaired) electrons. The molecule has 8 heteroatoms. The number of nitrogens with one attached hydrogen (secondary N) is 2. The summed E-state index contributed by atoms with van der Waals surface area (Å²) < 4.78 is 14.7. The Labute approximate surface area is 166 Å². The van der Waals surface area contributed by atoms with E-state index in [4.69, 9.17) is 0 Å². The fraction of sp³-hybridized carbons (Fsp3) is 0.0476. The normalized spacial score (nSPS) is 10.5. The number of nitrogens with zero attached hydrogens (tertiary/aromatic N) is 4. The number of hydrogen-bond donors (Lipinski definition) is 2. The van der Waals surface area contributed by atoms with Gasteiger partial charge in [-0.25, -0.2) is 9.37 Å². The van der Waals surface area contributed by atoms with Crippen LogP contribution in [0.25, 0.3) is 0 Å². The zero-order valence-corrected chi connectivity index (χ0v) is 15.3. The molecular weight excluding hydrogens is 371 g/mol. The summed E-state index contributed by atoms with van der Waals surface area (Å²) in [6, 6.07) is 15.0. The molecule has 1 amide bonds. The number of benzene rings is 2. The Morgan fingerprint density at radius 3 is 2.69 bits per heavy atom. The van der Waals surface area contributed by atoms with E-state index in [1.165, 1.54) is 12.1 Å². The third-order valence-corrected chi connectivity index (χ3v) is 4.10. The molecule has 0 saturated carbocycles. The molecule has 144 valence electrons. The smallest absolute Gasteiger partial charge is 0.256 e. The first-order valence-corrected chi connectivity index (χ1v) is 8.88. The van der Waals surface area contributed by atoms with Crippen LogP contribution in [-0.4, -0.2) is 25.7 Å². The fourth-order valence-corrected chi connectivity index (χ4v) is 2.73. The zero-order chi connectivity index (χ0) is 20.1. The Hall–Kier alpha value is -4.07. The maximum Gasteiger partial charge on any atom is 0.256 e. The summed E-state index contributed by atoms with van der Waals surface area (Å²) in [5.41, 5.74) is 2.11. The summed E-state index contributed by atoms with van der Waals surface area (Å²) in [5, 5.41) is 10.2. The second-order valence-corrected chi connectivity index (χ2v) is 6.28. The fourth-order valence-electron chi connectivity index (χ4n) is 2.73. The first-order chi connectivity index (χ1) is 14.2. The summed E-state index contributed by atoms with van der Waals surface area (Å²) in [5.74, 6) is 0.465. The minimum atomic E-state index is -0.279. The molecule has 0 aliphatic rings. The average molecular weight is 388 g/mol. The van der Waals surface area contributed by atoms with Crippen LogP contribution in [0.2, 0.25) is 0 Å². The maximum absolute atomic E-state index is 13.0. The van der Waals surface area contributed by atoms with Gasteiger partial charge in [-0.15, -0.1) is 0 Å². The van der Waals surface area contributed by atoms with Crippen LogP contribution in [0.3, 0.4) is 0 Å². The van der Waals surface area contributed by atoms with Crippen molar-refractivity contribution < 1.29 is 9.18 Å². The summed E-state index contributed by atoms with van der Waals surface area (Å²) in [4.78, 5) is 20.7. The van der Waals surface area contributed by atoms with Gasteiger partial charge < -0.3 is 10.6 Å². The van der Waals surface area contributed by atoms with Crippen molar-refractivity contribution in [2.75, 3.05) is 10.6 Å². The topological polar surface area (TPSA) is 84.7 Å². The number of aromatic nitrogens is 4. The van der Waals surface area contributed by atoms with Crippen molar-refractivity contribution in [2.24, 2.45) is 0 Å². The van der Waals surface area contributed by atoms with E-state index in [0.717, 1.165) is 11.3 Å². The van der Waals surface area contributed by atoms with E-state index in [9.17, 15) is 9.18 Å². The van der Waals surface area contributed by atoms with Gasteiger partial charge in [0.05, 0.1) is 12.7 Å². The van der Waals surface area contributed by atoms with Gasteiger partial charge in [-0.05, 0) is 35.9 Å². The lowest BCUT2D eigenvalue weighted by atomic mass is 10.2. The maximum atomic E-state index is 13.0. The van der Waals surface area contributed by atoms with Crippen LogP contribution in [0.5, 0.6) is 0 Å². The number of carbonyl (C=O) groups is 1. The van der Waals surface area contributed by atoms with Gasteiger partial charge in [0.15, 0.2) is 5.82 Å². The molecule has 0 bridgehead atoms. The molecule has 2 N–H and O–H groups in total. The molecule has 4 rings (SSSR count). The van der Waals surface area contributed by atoms with Gasteiger partial charge >= 0.3 is 0 Å². The molecule has 0 atom stereocenters. The van der Waals surface area contributed by atoms with Crippen molar-refractivity contribution in [3.05, 3.63) is 96.3 Å². The van der Waals surface area contributed by atoms with Crippen LogP contribution >= 0.6 is 0 Å². The lowest BCUT2D eigenvalue weighted by Crippen LogP contribution is -2.13. The third kappa shape index (κ3) is 4.81. The molecule has 0 spiro atoms. The number of hydrogen-bond acceptors (Lipinski definition) is 5. The van der Waals surface area contributed by atoms with Gasteiger partial charge in [0.25, 0.3) is 5.91 Å². The van der Waals surface area contributed by atoms with Gasteiger partial charge in [0, 0.05) is 35.9 Å². The Kier molecular flexibility index (Phi) is 5.24.